The Morgan fingerprint density at radius 3 is 2.56 bits per heavy atom. The van der Waals surface area contributed by atoms with Crippen LogP contribution in [0, 0.1) is 0 Å². The van der Waals surface area contributed by atoms with Crippen molar-refractivity contribution < 1.29 is 17.2 Å². The van der Waals surface area contributed by atoms with Gasteiger partial charge in [-0.25, -0.2) is 21.9 Å². The average Bonchev–Trinajstić information content (AvgIpc) is 2.34. The molecular weight excluding hydrogens is 262 g/mol. The molecule has 0 spiro atoms. The largest absolute Gasteiger partial charge is 0.384 e. The number of para-hydroxylation sites is 1. The first-order valence-electron chi connectivity index (χ1n) is 5.58. The molecule has 0 amide bonds. The molecule has 102 valence electrons. The normalized spacial score (nSPS) is 11.8. The molecule has 0 atom stereocenters. The van der Waals surface area contributed by atoms with E-state index in [0.717, 1.165) is 6.42 Å². The van der Waals surface area contributed by atoms with Crippen LogP contribution in [-0.2, 0) is 10.0 Å². The molecule has 0 saturated carbocycles. The summed E-state index contributed by atoms with van der Waals surface area (Å²) in [7, 11) is -3.91. The van der Waals surface area contributed by atoms with E-state index in [1.165, 1.54) is 6.07 Å². The molecule has 1 rings (SSSR count). The number of rotatable bonds is 7. The molecule has 0 radical (unpaired) electrons. The zero-order chi connectivity index (χ0) is 13.6. The van der Waals surface area contributed by atoms with Gasteiger partial charge >= 0.3 is 0 Å². The summed E-state index contributed by atoms with van der Waals surface area (Å²) in [5, 5.41) is 2.95. The summed E-state index contributed by atoms with van der Waals surface area (Å²) in [5.41, 5.74) is 0.418. The van der Waals surface area contributed by atoms with Gasteiger partial charge in [-0.05, 0) is 18.6 Å². The van der Waals surface area contributed by atoms with Gasteiger partial charge in [0, 0.05) is 6.54 Å². The van der Waals surface area contributed by atoms with Crippen molar-refractivity contribution >= 4 is 15.7 Å². The molecule has 18 heavy (non-hydrogen) atoms. The van der Waals surface area contributed by atoms with Crippen LogP contribution in [0.2, 0.25) is 0 Å². The van der Waals surface area contributed by atoms with Crippen LogP contribution in [0.3, 0.4) is 0 Å². The molecule has 0 aliphatic rings. The van der Waals surface area contributed by atoms with E-state index in [1.54, 1.807) is 18.2 Å². The fourth-order valence-electron chi connectivity index (χ4n) is 1.36. The number of nitrogens with one attached hydrogen (secondary N) is 2. The van der Waals surface area contributed by atoms with Crippen molar-refractivity contribution in [2.45, 2.75) is 24.7 Å². The van der Waals surface area contributed by atoms with Crippen LogP contribution < -0.4 is 10.0 Å². The molecule has 0 heterocycles. The number of hydrogen-bond donors (Lipinski definition) is 2. The summed E-state index contributed by atoms with van der Waals surface area (Å²) < 4.78 is 49.6. The van der Waals surface area contributed by atoms with Crippen LogP contribution in [0.1, 0.15) is 13.3 Å². The van der Waals surface area contributed by atoms with Gasteiger partial charge in [-0.1, -0.05) is 19.1 Å². The van der Waals surface area contributed by atoms with E-state index in [0.29, 0.717) is 12.2 Å². The first kappa shape index (κ1) is 14.8. The fraction of sp³-hybridized carbons (Fsp3) is 0.455. The summed E-state index contributed by atoms with van der Waals surface area (Å²) in [4.78, 5) is -0.0147. The lowest BCUT2D eigenvalue weighted by molar-refractivity contribution is 0.153. The van der Waals surface area contributed by atoms with Crippen LogP contribution in [0.25, 0.3) is 0 Å². The highest BCUT2D eigenvalue weighted by molar-refractivity contribution is 7.89. The molecule has 0 unspecified atom stereocenters. The molecule has 1 aromatic carbocycles. The third-order valence-electron chi connectivity index (χ3n) is 2.17. The van der Waals surface area contributed by atoms with Crippen LogP contribution >= 0.6 is 0 Å². The minimum atomic E-state index is -3.91. The molecule has 0 fully saturated rings. The SMILES string of the molecule is CCCNc1ccccc1S(=O)(=O)NCC(F)F. The summed E-state index contributed by atoms with van der Waals surface area (Å²) in [6, 6.07) is 6.22. The van der Waals surface area contributed by atoms with Crippen LogP contribution in [0.15, 0.2) is 29.2 Å². The lowest BCUT2D eigenvalue weighted by Crippen LogP contribution is -2.29. The third kappa shape index (κ3) is 4.23. The van der Waals surface area contributed by atoms with Crippen molar-refractivity contribution in [3.05, 3.63) is 24.3 Å². The smallest absolute Gasteiger partial charge is 0.251 e. The van der Waals surface area contributed by atoms with Crippen LogP contribution in [0.4, 0.5) is 14.5 Å². The van der Waals surface area contributed by atoms with Crippen LogP contribution in [0.5, 0.6) is 0 Å². The van der Waals surface area contributed by atoms with Gasteiger partial charge in [0.2, 0.25) is 10.0 Å². The number of benzene rings is 1. The first-order valence-corrected chi connectivity index (χ1v) is 7.06. The molecule has 0 saturated heterocycles. The zero-order valence-corrected chi connectivity index (χ0v) is 10.8. The molecule has 2 N–H and O–H groups in total. The molecule has 0 aromatic heterocycles. The minimum Gasteiger partial charge on any atom is -0.384 e. The Labute approximate surface area is 105 Å². The standard InChI is InChI=1S/C11H16F2N2O2S/c1-2-7-14-9-5-3-4-6-10(9)18(16,17)15-8-11(12)13/h3-6,11,14-15H,2,7-8H2,1H3. The lowest BCUT2D eigenvalue weighted by atomic mass is 10.3. The first-order chi connectivity index (χ1) is 8.47. The van der Waals surface area contributed by atoms with Gasteiger partial charge in [0.1, 0.15) is 4.90 Å². The highest BCUT2D eigenvalue weighted by atomic mass is 32.2. The van der Waals surface area contributed by atoms with Crippen molar-refractivity contribution in [1.82, 2.24) is 4.72 Å². The van der Waals surface area contributed by atoms with E-state index in [4.69, 9.17) is 0 Å². The number of hydrogen-bond acceptors (Lipinski definition) is 3. The molecule has 0 bridgehead atoms. The van der Waals surface area contributed by atoms with Gasteiger partial charge < -0.3 is 5.32 Å². The van der Waals surface area contributed by atoms with Crippen molar-refractivity contribution in [3.8, 4) is 0 Å². The minimum absolute atomic E-state index is 0.0147. The van der Waals surface area contributed by atoms with E-state index in [9.17, 15) is 17.2 Å². The second-order valence-corrected chi connectivity index (χ2v) is 5.40. The van der Waals surface area contributed by atoms with Crippen LogP contribution in [-0.4, -0.2) is 27.9 Å². The van der Waals surface area contributed by atoms with Gasteiger partial charge in [0.25, 0.3) is 6.43 Å². The van der Waals surface area contributed by atoms with Crippen molar-refractivity contribution in [2.75, 3.05) is 18.4 Å². The van der Waals surface area contributed by atoms with E-state index in [1.807, 2.05) is 11.6 Å². The molecule has 0 aliphatic heterocycles. The molecule has 1 aromatic rings. The van der Waals surface area contributed by atoms with E-state index < -0.39 is 23.0 Å². The van der Waals surface area contributed by atoms with Gasteiger partial charge in [0.05, 0.1) is 12.2 Å². The Balaban J connectivity index is 2.93. The average molecular weight is 278 g/mol. The van der Waals surface area contributed by atoms with Gasteiger partial charge in [-0.2, -0.15) is 0 Å². The van der Waals surface area contributed by atoms with E-state index in [-0.39, 0.29) is 4.90 Å². The number of sulfonamides is 1. The number of alkyl halides is 2. The highest BCUT2D eigenvalue weighted by Gasteiger charge is 2.19. The van der Waals surface area contributed by atoms with Gasteiger partial charge in [-0.15, -0.1) is 0 Å². The Morgan fingerprint density at radius 1 is 1.28 bits per heavy atom. The zero-order valence-electron chi connectivity index (χ0n) is 9.99. The second kappa shape index (κ2) is 6.65. The quantitative estimate of drug-likeness (QED) is 0.802. The van der Waals surface area contributed by atoms with E-state index in [2.05, 4.69) is 5.32 Å². The summed E-state index contributed by atoms with van der Waals surface area (Å²) in [6.07, 6.45) is -1.88. The molecule has 4 nitrogen and oxygen atoms in total. The van der Waals surface area contributed by atoms with Crippen molar-refractivity contribution in [2.24, 2.45) is 0 Å². The predicted octanol–water partition coefficient (Wildman–Crippen LogP) is 2.05. The molecule has 0 aliphatic carbocycles. The Bertz CT molecular complexity index is 478. The van der Waals surface area contributed by atoms with E-state index >= 15 is 0 Å². The topological polar surface area (TPSA) is 58.2 Å². The van der Waals surface area contributed by atoms with Gasteiger partial charge in [-0.3, -0.25) is 0 Å². The fourth-order valence-corrected chi connectivity index (χ4v) is 2.55. The molecule has 7 heteroatoms. The Kier molecular flexibility index (Phi) is 5.49. The Morgan fingerprint density at radius 2 is 1.94 bits per heavy atom. The number of halogens is 2. The monoisotopic (exact) mass is 278 g/mol. The maximum atomic E-state index is 12.0. The highest BCUT2D eigenvalue weighted by Crippen LogP contribution is 2.20. The maximum absolute atomic E-state index is 12.0. The predicted molar refractivity (Wildman–Crippen MR) is 66.4 cm³/mol. The summed E-state index contributed by atoms with van der Waals surface area (Å²) in [6.45, 7) is 1.67. The van der Waals surface area contributed by atoms with Crippen molar-refractivity contribution in [3.63, 3.8) is 0 Å². The third-order valence-corrected chi connectivity index (χ3v) is 3.65. The molecular formula is C11H16F2N2O2S. The second-order valence-electron chi connectivity index (χ2n) is 3.67. The van der Waals surface area contributed by atoms with Gasteiger partial charge in [0.15, 0.2) is 0 Å². The Hall–Kier alpha value is -1.21. The van der Waals surface area contributed by atoms with Crippen molar-refractivity contribution in [1.29, 1.82) is 0 Å². The maximum Gasteiger partial charge on any atom is 0.251 e. The lowest BCUT2D eigenvalue weighted by Gasteiger charge is -2.12. The number of anilines is 1. The summed E-state index contributed by atoms with van der Waals surface area (Å²) >= 11 is 0. The summed E-state index contributed by atoms with van der Waals surface area (Å²) in [5.74, 6) is 0.